The number of nitrogens with zero attached hydrogens (tertiary/aromatic N) is 1. The SMILES string of the molecule is NC(=NCCC1CC2CCC1O2)Nc1cc(F)ccc1F. The monoisotopic (exact) mass is 295 g/mol. The molecule has 114 valence electrons. The number of nitrogens with one attached hydrogen (secondary N) is 1. The Morgan fingerprint density at radius 2 is 2.24 bits per heavy atom. The van der Waals surface area contributed by atoms with Gasteiger partial charge >= 0.3 is 0 Å². The van der Waals surface area contributed by atoms with Gasteiger partial charge in [-0.05, 0) is 43.7 Å². The van der Waals surface area contributed by atoms with Gasteiger partial charge in [0.15, 0.2) is 5.96 Å². The number of benzene rings is 1. The van der Waals surface area contributed by atoms with Crippen LogP contribution in [-0.4, -0.2) is 24.7 Å². The van der Waals surface area contributed by atoms with Gasteiger partial charge in [0.25, 0.3) is 0 Å². The van der Waals surface area contributed by atoms with Crippen LogP contribution in [0.1, 0.15) is 25.7 Å². The second kappa shape index (κ2) is 5.97. The molecule has 3 N–H and O–H groups in total. The van der Waals surface area contributed by atoms with E-state index in [1.807, 2.05) is 0 Å². The number of hydrogen-bond donors (Lipinski definition) is 2. The van der Waals surface area contributed by atoms with E-state index in [1.54, 1.807) is 0 Å². The molecule has 6 heteroatoms. The number of ether oxygens (including phenoxy) is 1. The number of hydrogen-bond acceptors (Lipinski definition) is 2. The Hall–Kier alpha value is -1.69. The quantitative estimate of drug-likeness (QED) is 0.663. The molecule has 1 aromatic carbocycles. The molecule has 2 heterocycles. The number of rotatable bonds is 4. The van der Waals surface area contributed by atoms with Crippen molar-refractivity contribution in [2.45, 2.75) is 37.9 Å². The summed E-state index contributed by atoms with van der Waals surface area (Å²) in [5.74, 6) is -0.434. The average Bonchev–Trinajstić information content (AvgIpc) is 3.05. The second-order valence-electron chi connectivity index (χ2n) is 5.67. The van der Waals surface area contributed by atoms with Gasteiger partial charge in [0.05, 0.1) is 17.9 Å². The molecule has 0 saturated carbocycles. The summed E-state index contributed by atoms with van der Waals surface area (Å²) in [7, 11) is 0. The molecule has 3 unspecified atom stereocenters. The van der Waals surface area contributed by atoms with Crippen molar-refractivity contribution < 1.29 is 13.5 Å². The first-order chi connectivity index (χ1) is 10.1. The van der Waals surface area contributed by atoms with Crippen molar-refractivity contribution in [2.75, 3.05) is 11.9 Å². The molecule has 3 atom stereocenters. The van der Waals surface area contributed by atoms with Gasteiger partial charge < -0.3 is 15.8 Å². The van der Waals surface area contributed by atoms with Crippen LogP contribution in [0.5, 0.6) is 0 Å². The third-order valence-electron chi connectivity index (χ3n) is 4.21. The van der Waals surface area contributed by atoms with Gasteiger partial charge in [0.1, 0.15) is 11.6 Å². The van der Waals surface area contributed by atoms with Gasteiger partial charge in [-0.3, -0.25) is 4.99 Å². The molecule has 2 aliphatic heterocycles. The fourth-order valence-corrected chi connectivity index (χ4v) is 3.17. The summed E-state index contributed by atoms with van der Waals surface area (Å²) in [6.45, 7) is 0.563. The minimum Gasteiger partial charge on any atom is -0.375 e. The van der Waals surface area contributed by atoms with Gasteiger partial charge in [-0.25, -0.2) is 8.78 Å². The van der Waals surface area contributed by atoms with Gasteiger partial charge in [0, 0.05) is 12.6 Å². The minimum absolute atomic E-state index is 0.000457. The zero-order valence-electron chi connectivity index (χ0n) is 11.7. The fraction of sp³-hybridized carbons (Fsp3) is 0.533. The molecule has 0 radical (unpaired) electrons. The highest BCUT2D eigenvalue weighted by molar-refractivity contribution is 5.92. The summed E-state index contributed by atoms with van der Waals surface area (Å²) >= 11 is 0. The predicted octanol–water partition coefficient (Wildman–Crippen LogP) is 2.65. The van der Waals surface area contributed by atoms with Crippen molar-refractivity contribution in [3.8, 4) is 0 Å². The van der Waals surface area contributed by atoms with Crippen molar-refractivity contribution >= 4 is 11.6 Å². The standard InChI is InChI=1S/C15H19F2N3O/c16-10-1-3-12(17)13(8-10)20-15(18)19-6-5-9-7-11-2-4-14(9)21-11/h1,3,8-9,11,14H,2,4-7H2,(H3,18,19,20). The number of aliphatic imine (C=N–C) groups is 1. The van der Waals surface area contributed by atoms with E-state index in [2.05, 4.69) is 10.3 Å². The Balaban J connectivity index is 1.51. The zero-order chi connectivity index (χ0) is 14.8. The summed E-state index contributed by atoms with van der Waals surface area (Å²) in [6.07, 6.45) is 5.14. The smallest absolute Gasteiger partial charge is 0.193 e. The molecular weight excluding hydrogens is 276 g/mol. The highest BCUT2D eigenvalue weighted by atomic mass is 19.1. The van der Waals surface area contributed by atoms with Crippen molar-refractivity contribution in [3.05, 3.63) is 29.8 Å². The Morgan fingerprint density at radius 3 is 2.95 bits per heavy atom. The van der Waals surface area contributed by atoms with Crippen LogP contribution in [-0.2, 0) is 4.74 Å². The topological polar surface area (TPSA) is 59.6 Å². The number of halogens is 2. The third-order valence-corrected chi connectivity index (χ3v) is 4.21. The molecule has 2 bridgehead atoms. The maximum atomic E-state index is 13.4. The molecule has 0 spiro atoms. The molecular formula is C15H19F2N3O. The molecule has 2 aliphatic rings. The minimum atomic E-state index is -0.559. The fourth-order valence-electron chi connectivity index (χ4n) is 3.17. The number of nitrogens with two attached hydrogens (primary N) is 1. The van der Waals surface area contributed by atoms with E-state index in [-0.39, 0.29) is 11.6 Å². The van der Waals surface area contributed by atoms with Crippen LogP contribution in [0.4, 0.5) is 14.5 Å². The van der Waals surface area contributed by atoms with Crippen LogP contribution in [0.15, 0.2) is 23.2 Å². The first kappa shape index (κ1) is 14.3. The normalized spacial score (nSPS) is 28.1. The molecule has 0 aromatic heterocycles. The third kappa shape index (κ3) is 3.32. The van der Waals surface area contributed by atoms with Crippen LogP contribution in [0.25, 0.3) is 0 Å². The summed E-state index contributed by atoms with van der Waals surface area (Å²) in [4.78, 5) is 4.18. The Bertz CT molecular complexity index is 550. The van der Waals surface area contributed by atoms with E-state index < -0.39 is 11.6 Å². The maximum Gasteiger partial charge on any atom is 0.193 e. The number of anilines is 1. The molecule has 0 aliphatic carbocycles. The molecule has 3 rings (SSSR count). The lowest BCUT2D eigenvalue weighted by Gasteiger charge is -2.17. The lowest BCUT2D eigenvalue weighted by atomic mass is 9.87. The van der Waals surface area contributed by atoms with E-state index in [9.17, 15) is 8.78 Å². The molecule has 21 heavy (non-hydrogen) atoms. The van der Waals surface area contributed by atoms with E-state index >= 15 is 0 Å². The number of guanidine groups is 1. The number of fused-ring (bicyclic) bond motifs is 2. The summed E-state index contributed by atoms with van der Waals surface area (Å²) in [6, 6.07) is 3.17. The summed E-state index contributed by atoms with van der Waals surface area (Å²) in [5.41, 5.74) is 5.70. The van der Waals surface area contributed by atoms with Gasteiger partial charge in [-0.2, -0.15) is 0 Å². The summed E-state index contributed by atoms with van der Waals surface area (Å²) in [5, 5.41) is 2.59. The van der Waals surface area contributed by atoms with E-state index in [0.29, 0.717) is 24.7 Å². The van der Waals surface area contributed by atoms with E-state index in [0.717, 1.165) is 37.5 Å². The van der Waals surface area contributed by atoms with Crippen molar-refractivity contribution in [1.29, 1.82) is 0 Å². The highest BCUT2D eigenvalue weighted by Gasteiger charge is 2.39. The van der Waals surface area contributed by atoms with Gasteiger partial charge in [-0.1, -0.05) is 0 Å². The van der Waals surface area contributed by atoms with Crippen LogP contribution >= 0.6 is 0 Å². The molecule has 1 aromatic rings. The van der Waals surface area contributed by atoms with E-state index in [4.69, 9.17) is 10.5 Å². The van der Waals surface area contributed by atoms with Crippen molar-refractivity contribution in [2.24, 2.45) is 16.6 Å². The highest BCUT2D eigenvalue weighted by Crippen LogP contribution is 2.40. The summed E-state index contributed by atoms with van der Waals surface area (Å²) < 4.78 is 32.3. The zero-order valence-corrected chi connectivity index (χ0v) is 11.7. The Labute approximate surface area is 122 Å². The van der Waals surface area contributed by atoms with Crippen LogP contribution < -0.4 is 11.1 Å². The molecule has 2 saturated heterocycles. The van der Waals surface area contributed by atoms with E-state index in [1.165, 1.54) is 6.42 Å². The Morgan fingerprint density at radius 1 is 1.38 bits per heavy atom. The van der Waals surface area contributed by atoms with Crippen LogP contribution in [0.3, 0.4) is 0 Å². The first-order valence-corrected chi connectivity index (χ1v) is 7.29. The average molecular weight is 295 g/mol. The van der Waals surface area contributed by atoms with Crippen molar-refractivity contribution in [3.63, 3.8) is 0 Å². The van der Waals surface area contributed by atoms with Gasteiger partial charge in [-0.15, -0.1) is 0 Å². The van der Waals surface area contributed by atoms with Crippen molar-refractivity contribution in [1.82, 2.24) is 0 Å². The Kier molecular flexibility index (Phi) is 4.05. The van der Waals surface area contributed by atoms with Crippen LogP contribution in [0.2, 0.25) is 0 Å². The lowest BCUT2D eigenvalue weighted by Crippen LogP contribution is -2.24. The second-order valence-corrected chi connectivity index (χ2v) is 5.67. The largest absolute Gasteiger partial charge is 0.375 e. The molecule has 2 fully saturated rings. The lowest BCUT2D eigenvalue weighted by molar-refractivity contribution is 0.0917. The van der Waals surface area contributed by atoms with Crippen LogP contribution in [0, 0.1) is 17.6 Å². The van der Waals surface area contributed by atoms with Gasteiger partial charge in [0.2, 0.25) is 0 Å². The predicted molar refractivity (Wildman–Crippen MR) is 77.1 cm³/mol. The molecule has 0 amide bonds. The first-order valence-electron chi connectivity index (χ1n) is 7.29. The maximum absolute atomic E-state index is 13.4. The molecule has 4 nitrogen and oxygen atoms in total.